The number of nitrogens with two attached hydrogens (primary N) is 1. The van der Waals surface area contributed by atoms with Crippen LogP contribution in [0.3, 0.4) is 0 Å². The van der Waals surface area contributed by atoms with E-state index in [0.29, 0.717) is 19.3 Å². The van der Waals surface area contributed by atoms with Crippen LogP contribution in [0.15, 0.2) is 48.4 Å². The Morgan fingerprint density at radius 3 is 2.46 bits per heavy atom. The number of rotatable bonds is 4. The molecule has 0 aromatic carbocycles. The van der Waals surface area contributed by atoms with Gasteiger partial charge in [-0.3, -0.25) is 4.79 Å². The van der Waals surface area contributed by atoms with Gasteiger partial charge in [-0.2, -0.15) is 0 Å². The van der Waals surface area contributed by atoms with E-state index < -0.39 is 11.6 Å². The molecule has 0 aromatic heterocycles. The molecule has 0 radical (unpaired) electrons. The van der Waals surface area contributed by atoms with Crippen molar-refractivity contribution in [2.75, 3.05) is 0 Å². The molecule has 5 unspecified atom stereocenters. The summed E-state index contributed by atoms with van der Waals surface area (Å²) in [6.07, 6.45) is 15.6. The normalized spacial score (nSPS) is 35.3. The Bertz CT molecular complexity index is 603. The first-order valence-corrected chi connectivity index (χ1v) is 8.86. The Balaban J connectivity index is 2.03. The number of carbonyl (C=O) groups excluding carboxylic acids is 1. The van der Waals surface area contributed by atoms with Gasteiger partial charge in [0.15, 0.2) is 0 Å². The van der Waals surface area contributed by atoms with E-state index in [4.69, 9.17) is 5.73 Å². The van der Waals surface area contributed by atoms with Gasteiger partial charge < -0.3 is 5.73 Å². The minimum atomic E-state index is -0.947. The molecule has 0 saturated carbocycles. The van der Waals surface area contributed by atoms with E-state index in [-0.39, 0.29) is 29.5 Å². The summed E-state index contributed by atoms with van der Waals surface area (Å²) in [5, 5.41) is 0. The van der Waals surface area contributed by atoms with Gasteiger partial charge in [-0.05, 0) is 68.4 Å². The molecule has 0 aliphatic heterocycles. The van der Waals surface area contributed by atoms with Gasteiger partial charge in [-0.25, -0.2) is 8.78 Å². The maximum absolute atomic E-state index is 13.6. The van der Waals surface area contributed by atoms with Crippen molar-refractivity contribution in [1.29, 1.82) is 0 Å². The highest BCUT2D eigenvalue weighted by molar-refractivity contribution is 5.83. The molecule has 3 aliphatic rings. The average Bonchev–Trinajstić information content (AvgIpc) is 2.59. The Kier molecular flexibility index (Phi) is 5.02. The Morgan fingerprint density at radius 1 is 1.08 bits per heavy atom. The molecule has 0 saturated heterocycles. The molecular weight excluding hydrogens is 308 g/mol. The minimum absolute atomic E-state index is 0.0947. The third kappa shape index (κ3) is 2.99. The van der Waals surface area contributed by atoms with Crippen LogP contribution in [0.2, 0.25) is 0 Å². The fraction of sp³-hybridized carbons (Fsp3) is 0.550. The molecule has 2 N–H and O–H groups in total. The van der Waals surface area contributed by atoms with Crippen molar-refractivity contribution < 1.29 is 13.6 Å². The molecule has 130 valence electrons. The van der Waals surface area contributed by atoms with Crippen LogP contribution < -0.4 is 5.73 Å². The molecular formula is C20H25F2NO. The zero-order chi connectivity index (χ0) is 17.2. The molecule has 3 rings (SSSR count). The molecule has 5 atom stereocenters. The summed E-state index contributed by atoms with van der Waals surface area (Å²) in [6.45, 7) is 0. The van der Waals surface area contributed by atoms with E-state index in [1.165, 1.54) is 12.2 Å². The van der Waals surface area contributed by atoms with Gasteiger partial charge >= 0.3 is 0 Å². The van der Waals surface area contributed by atoms with Crippen LogP contribution in [-0.4, -0.2) is 12.1 Å². The number of halogens is 2. The van der Waals surface area contributed by atoms with Gasteiger partial charge in [0, 0.05) is 0 Å². The van der Waals surface area contributed by atoms with Crippen LogP contribution in [0.25, 0.3) is 0 Å². The second-order valence-corrected chi connectivity index (χ2v) is 7.15. The van der Waals surface area contributed by atoms with Crippen LogP contribution >= 0.6 is 0 Å². The summed E-state index contributed by atoms with van der Waals surface area (Å²) in [7, 11) is 0. The highest BCUT2D eigenvalue weighted by atomic mass is 19.1. The molecule has 3 aliphatic carbocycles. The molecule has 0 spiro atoms. The second kappa shape index (κ2) is 7.04. The van der Waals surface area contributed by atoms with E-state index in [1.54, 1.807) is 12.2 Å². The average molecular weight is 333 g/mol. The third-order valence-corrected chi connectivity index (χ3v) is 5.96. The predicted octanol–water partition coefficient (Wildman–Crippen LogP) is 4.55. The monoisotopic (exact) mass is 333 g/mol. The number of primary amides is 1. The van der Waals surface area contributed by atoms with E-state index in [0.717, 1.165) is 19.3 Å². The van der Waals surface area contributed by atoms with Gasteiger partial charge in [-0.1, -0.05) is 30.4 Å². The number of carbonyl (C=O) groups is 1. The van der Waals surface area contributed by atoms with Gasteiger partial charge in [0.1, 0.15) is 12.0 Å². The van der Waals surface area contributed by atoms with Crippen molar-refractivity contribution in [2.45, 2.75) is 44.7 Å². The maximum atomic E-state index is 13.6. The van der Waals surface area contributed by atoms with E-state index in [1.807, 2.05) is 6.08 Å². The van der Waals surface area contributed by atoms with Crippen LogP contribution in [0.4, 0.5) is 8.78 Å². The number of hydrogen-bond donors (Lipinski definition) is 1. The second-order valence-electron chi connectivity index (χ2n) is 7.15. The molecule has 0 fully saturated rings. The highest BCUT2D eigenvalue weighted by Gasteiger charge is 2.53. The van der Waals surface area contributed by atoms with E-state index in [9.17, 15) is 13.6 Å². The standard InChI is InChI=1S/C20H25F2NO/c21-17-10-6-15(7-11-17)20(19(23)24,14-4-2-1-3-5-14)16-8-12-18(22)13-9-16/h1-2,6,8,10-12,14-16,18H,3-5,7,9,13H2,(H2,23,24). The van der Waals surface area contributed by atoms with Crippen molar-refractivity contribution in [2.24, 2.45) is 28.9 Å². The van der Waals surface area contributed by atoms with Gasteiger partial charge in [0.2, 0.25) is 5.91 Å². The SMILES string of the molecule is NC(=O)C(C1C=CC(F)=CC1)(C1C=CC(F)CC1)C1CC=CCC1. The third-order valence-electron chi connectivity index (χ3n) is 5.96. The zero-order valence-electron chi connectivity index (χ0n) is 13.8. The molecule has 0 aromatic rings. The summed E-state index contributed by atoms with van der Waals surface area (Å²) in [5.74, 6) is -0.731. The lowest BCUT2D eigenvalue weighted by Gasteiger charge is -2.49. The maximum Gasteiger partial charge on any atom is 0.225 e. The van der Waals surface area contributed by atoms with Gasteiger partial charge in [-0.15, -0.1) is 0 Å². The van der Waals surface area contributed by atoms with E-state index in [2.05, 4.69) is 12.2 Å². The topological polar surface area (TPSA) is 43.1 Å². The predicted molar refractivity (Wildman–Crippen MR) is 91.3 cm³/mol. The summed E-state index contributed by atoms with van der Waals surface area (Å²) in [6, 6.07) is 0. The molecule has 0 heterocycles. The van der Waals surface area contributed by atoms with E-state index >= 15 is 0 Å². The molecule has 0 bridgehead atoms. The van der Waals surface area contributed by atoms with Crippen LogP contribution in [0, 0.1) is 23.2 Å². The molecule has 24 heavy (non-hydrogen) atoms. The lowest BCUT2D eigenvalue weighted by Crippen LogP contribution is -2.54. The fourth-order valence-corrected chi connectivity index (χ4v) is 4.81. The Hall–Kier alpha value is -1.71. The quantitative estimate of drug-likeness (QED) is 0.754. The number of allylic oxidation sites excluding steroid dienone is 8. The Labute approximate surface area is 142 Å². The smallest absolute Gasteiger partial charge is 0.225 e. The number of alkyl halides is 1. The highest BCUT2D eigenvalue weighted by Crippen LogP contribution is 2.53. The Morgan fingerprint density at radius 2 is 1.92 bits per heavy atom. The lowest BCUT2D eigenvalue weighted by molar-refractivity contribution is -0.138. The largest absolute Gasteiger partial charge is 0.369 e. The first-order valence-electron chi connectivity index (χ1n) is 8.86. The number of amides is 1. The van der Waals surface area contributed by atoms with Crippen LogP contribution in [0.5, 0.6) is 0 Å². The summed E-state index contributed by atoms with van der Waals surface area (Å²) < 4.78 is 27.1. The van der Waals surface area contributed by atoms with Crippen molar-refractivity contribution in [3.63, 3.8) is 0 Å². The van der Waals surface area contributed by atoms with Gasteiger partial charge in [0.05, 0.1) is 5.41 Å². The zero-order valence-corrected chi connectivity index (χ0v) is 13.8. The van der Waals surface area contributed by atoms with Crippen molar-refractivity contribution in [3.8, 4) is 0 Å². The van der Waals surface area contributed by atoms with Crippen molar-refractivity contribution in [1.82, 2.24) is 0 Å². The first kappa shape index (κ1) is 17.1. The summed E-state index contributed by atoms with van der Waals surface area (Å²) in [5.41, 5.74) is 5.21. The molecule has 1 amide bonds. The fourth-order valence-electron chi connectivity index (χ4n) is 4.81. The first-order chi connectivity index (χ1) is 11.5. The van der Waals surface area contributed by atoms with Crippen molar-refractivity contribution >= 4 is 5.91 Å². The van der Waals surface area contributed by atoms with Crippen LogP contribution in [-0.2, 0) is 4.79 Å². The van der Waals surface area contributed by atoms with Crippen LogP contribution in [0.1, 0.15) is 38.5 Å². The summed E-state index contributed by atoms with van der Waals surface area (Å²) in [4.78, 5) is 12.8. The number of hydrogen-bond acceptors (Lipinski definition) is 1. The molecule has 4 heteroatoms. The minimum Gasteiger partial charge on any atom is -0.369 e. The van der Waals surface area contributed by atoms with Crippen molar-refractivity contribution in [3.05, 3.63) is 48.4 Å². The van der Waals surface area contributed by atoms with Gasteiger partial charge in [0.25, 0.3) is 0 Å². The summed E-state index contributed by atoms with van der Waals surface area (Å²) >= 11 is 0. The lowest BCUT2D eigenvalue weighted by atomic mass is 9.53. The molecule has 2 nitrogen and oxygen atoms in total.